The number of anilines is 2. The number of fused-ring (bicyclic) bond motifs is 1. The van der Waals surface area contributed by atoms with E-state index >= 15 is 0 Å². The van der Waals surface area contributed by atoms with Crippen molar-refractivity contribution in [1.29, 1.82) is 0 Å². The molecule has 3 N–H and O–H groups in total. The molecular formula is C21H25N7O4. The zero-order valence-corrected chi connectivity index (χ0v) is 17.7. The number of aromatic nitrogens is 5. The van der Waals surface area contributed by atoms with Crippen LogP contribution in [0.25, 0.3) is 5.65 Å². The molecule has 1 saturated heterocycles. The van der Waals surface area contributed by atoms with Crippen molar-refractivity contribution in [2.45, 2.75) is 45.2 Å². The Kier molecular flexibility index (Phi) is 5.04. The number of ether oxygens (including phenoxy) is 1. The second-order valence-corrected chi connectivity index (χ2v) is 8.78. The summed E-state index contributed by atoms with van der Waals surface area (Å²) < 4.78 is 8.25. The fraction of sp³-hybridized carbons (Fsp3) is 0.476. The molecule has 4 heterocycles. The lowest BCUT2D eigenvalue weighted by Gasteiger charge is -2.34. The third-order valence-corrected chi connectivity index (χ3v) is 6.05. The lowest BCUT2D eigenvalue weighted by atomic mass is 9.82. The molecular weight excluding hydrogens is 414 g/mol. The molecule has 0 atom stereocenters. The molecule has 3 aromatic rings. The summed E-state index contributed by atoms with van der Waals surface area (Å²) in [4.78, 5) is 34.2. The average molecular weight is 439 g/mol. The molecule has 0 bridgehead atoms. The van der Waals surface area contributed by atoms with Crippen molar-refractivity contribution in [2.24, 2.45) is 5.41 Å². The molecule has 0 aromatic carbocycles. The van der Waals surface area contributed by atoms with Crippen molar-refractivity contribution in [3.63, 3.8) is 0 Å². The van der Waals surface area contributed by atoms with E-state index in [4.69, 9.17) is 4.74 Å². The fourth-order valence-electron chi connectivity index (χ4n) is 3.96. The molecule has 0 unspecified atom stereocenters. The van der Waals surface area contributed by atoms with Gasteiger partial charge in [-0.05, 0) is 31.1 Å². The smallest absolute Gasteiger partial charge is 0.291 e. The Balaban J connectivity index is 1.62. The summed E-state index contributed by atoms with van der Waals surface area (Å²) in [6.45, 7) is 3.78. The standard InChI is InChI=1S/C21H25N7O4/c1-21(4-8-32-9-5-21)12-27-16-10-14(25-15-11-22-6-7-23-15)26-28(16)20(31)17(19(27)30)18(29)24-13-2-3-13/h6-7,10-11,13,30H,2-5,8-9,12H2,1H3,(H,24,29)(H,23,25,26). The highest BCUT2D eigenvalue weighted by molar-refractivity contribution is 5.96. The van der Waals surface area contributed by atoms with Crippen LogP contribution in [0.4, 0.5) is 11.6 Å². The van der Waals surface area contributed by atoms with Gasteiger partial charge in [0, 0.05) is 44.3 Å². The first-order chi connectivity index (χ1) is 15.4. The van der Waals surface area contributed by atoms with Crippen LogP contribution in [0.5, 0.6) is 5.88 Å². The number of carbonyl (C=O) groups is 1. The van der Waals surface area contributed by atoms with Gasteiger partial charge in [0.25, 0.3) is 11.5 Å². The van der Waals surface area contributed by atoms with Crippen molar-refractivity contribution in [1.82, 2.24) is 29.5 Å². The number of nitrogens with one attached hydrogen (secondary N) is 2. The Hall–Kier alpha value is -3.47. The Morgan fingerprint density at radius 1 is 1.28 bits per heavy atom. The topological polar surface area (TPSA) is 136 Å². The Morgan fingerprint density at radius 3 is 2.75 bits per heavy atom. The van der Waals surface area contributed by atoms with Gasteiger partial charge in [0.2, 0.25) is 5.88 Å². The molecule has 11 heteroatoms. The van der Waals surface area contributed by atoms with Crippen LogP contribution in [0.1, 0.15) is 43.0 Å². The van der Waals surface area contributed by atoms with Crippen LogP contribution in [-0.4, -0.2) is 54.4 Å². The van der Waals surface area contributed by atoms with E-state index in [9.17, 15) is 14.7 Å². The van der Waals surface area contributed by atoms with Crippen molar-refractivity contribution in [2.75, 3.05) is 18.5 Å². The molecule has 1 aliphatic carbocycles. The van der Waals surface area contributed by atoms with Crippen molar-refractivity contribution < 1.29 is 14.6 Å². The average Bonchev–Trinajstić information content (AvgIpc) is 3.49. The first-order valence-corrected chi connectivity index (χ1v) is 10.7. The molecule has 1 aliphatic heterocycles. The van der Waals surface area contributed by atoms with Gasteiger partial charge in [0.05, 0.1) is 6.20 Å². The normalized spacial score (nSPS) is 17.9. The van der Waals surface area contributed by atoms with Crippen molar-refractivity contribution in [3.8, 4) is 5.88 Å². The Morgan fingerprint density at radius 2 is 2.06 bits per heavy atom. The van der Waals surface area contributed by atoms with Gasteiger partial charge >= 0.3 is 0 Å². The van der Waals surface area contributed by atoms with Crippen LogP contribution >= 0.6 is 0 Å². The van der Waals surface area contributed by atoms with Gasteiger partial charge in [0.15, 0.2) is 11.4 Å². The summed E-state index contributed by atoms with van der Waals surface area (Å²) in [5, 5.41) is 21.3. The van der Waals surface area contributed by atoms with Crippen LogP contribution in [0, 0.1) is 5.41 Å². The van der Waals surface area contributed by atoms with Gasteiger partial charge in [-0.2, -0.15) is 4.52 Å². The van der Waals surface area contributed by atoms with Gasteiger partial charge in [-0.25, -0.2) is 4.98 Å². The highest BCUT2D eigenvalue weighted by Gasteiger charge is 2.33. The molecule has 3 aromatic heterocycles. The molecule has 0 radical (unpaired) electrons. The quantitative estimate of drug-likeness (QED) is 0.525. The predicted molar refractivity (Wildman–Crippen MR) is 115 cm³/mol. The van der Waals surface area contributed by atoms with Crippen LogP contribution in [-0.2, 0) is 11.3 Å². The number of hydrogen-bond acceptors (Lipinski definition) is 8. The van der Waals surface area contributed by atoms with E-state index in [0.29, 0.717) is 37.0 Å². The van der Waals surface area contributed by atoms with Crippen LogP contribution in [0.15, 0.2) is 29.5 Å². The van der Waals surface area contributed by atoms with Gasteiger partial charge in [-0.3, -0.25) is 19.1 Å². The summed E-state index contributed by atoms with van der Waals surface area (Å²) >= 11 is 0. The fourth-order valence-corrected chi connectivity index (χ4v) is 3.96. The minimum atomic E-state index is -0.670. The summed E-state index contributed by atoms with van der Waals surface area (Å²) in [7, 11) is 0. The number of hydrogen-bond donors (Lipinski definition) is 3. The molecule has 1 saturated carbocycles. The zero-order chi connectivity index (χ0) is 22.3. The highest BCUT2D eigenvalue weighted by Crippen LogP contribution is 2.34. The van der Waals surface area contributed by atoms with Gasteiger partial charge in [-0.15, -0.1) is 5.10 Å². The first-order valence-electron chi connectivity index (χ1n) is 10.7. The molecule has 168 valence electrons. The largest absolute Gasteiger partial charge is 0.494 e. The number of nitrogens with zero attached hydrogens (tertiary/aromatic N) is 5. The molecule has 1 amide bonds. The summed E-state index contributed by atoms with van der Waals surface area (Å²) in [6, 6.07) is 1.70. The number of rotatable bonds is 6. The lowest BCUT2D eigenvalue weighted by Crippen LogP contribution is -2.36. The maximum absolute atomic E-state index is 13.2. The van der Waals surface area contributed by atoms with E-state index < -0.39 is 11.5 Å². The Bertz CT molecular complexity index is 1210. The van der Waals surface area contributed by atoms with E-state index in [1.54, 1.807) is 16.8 Å². The molecule has 11 nitrogen and oxygen atoms in total. The number of amides is 1. The van der Waals surface area contributed by atoms with E-state index in [-0.39, 0.29) is 22.9 Å². The summed E-state index contributed by atoms with van der Waals surface area (Å²) in [6.07, 6.45) is 7.96. The van der Waals surface area contributed by atoms with E-state index in [0.717, 1.165) is 30.2 Å². The zero-order valence-electron chi connectivity index (χ0n) is 17.7. The van der Waals surface area contributed by atoms with Crippen molar-refractivity contribution >= 4 is 23.2 Å². The molecule has 0 spiro atoms. The second kappa shape index (κ2) is 7.90. The van der Waals surface area contributed by atoms with Gasteiger partial charge in [-0.1, -0.05) is 6.92 Å². The highest BCUT2D eigenvalue weighted by atomic mass is 16.5. The molecule has 32 heavy (non-hydrogen) atoms. The van der Waals surface area contributed by atoms with E-state index in [1.807, 2.05) is 0 Å². The monoisotopic (exact) mass is 439 g/mol. The third-order valence-electron chi connectivity index (χ3n) is 6.05. The van der Waals surface area contributed by atoms with Crippen LogP contribution < -0.4 is 16.2 Å². The first kappa shape index (κ1) is 20.4. The number of carbonyl (C=O) groups excluding carboxylic acids is 1. The summed E-state index contributed by atoms with van der Waals surface area (Å²) in [5.41, 5.74) is -0.752. The maximum atomic E-state index is 13.2. The van der Waals surface area contributed by atoms with Crippen LogP contribution in [0.2, 0.25) is 0 Å². The number of aromatic hydroxyl groups is 1. The third kappa shape index (κ3) is 3.91. The van der Waals surface area contributed by atoms with Gasteiger partial charge < -0.3 is 20.5 Å². The summed E-state index contributed by atoms with van der Waals surface area (Å²) in [5.74, 6) is -0.115. The minimum absolute atomic E-state index is 0.0463. The SMILES string of the molecule is CC1(Cn2c(O)c(C(=O)NC3CC3)c(=O)n3nc(Nc4cnccn4)cc23)CCOCC1. The maximum Gasteiger partial charge on any atom is 0.291 e. The lowest BCUT2D eigenvalue weighted by molar-refractivity contribution is 0.0149. The van der Waals surface area contributed by atoms with E-state index in [2.05, 4.69) is 32.6 Å². The van der Waals surface area contributed by atoms with Gasteiger partial charge in [0.1, 0.15) is 11.5 Å². The Labute approximate surface area is 183 Å². The second-order valence-electron chi connectivity index (χ2n) is 8.78. The molecule has 2 fully saturated rings. The molecule has 5 rings (SSSR count). The minimum Gasteiger partial charge on any atom is -0.494 e. The predicted octanol–water partition coefficient (Wildman–Crippen LogP) is 1.44. The van der Waals surface area contributed by atoms with Crippen molar-refractivity contribution in [3.05, 3.63) is 40.6 Å². The molecule has 2 aliphatic rings. The van der Waals surface area contributed by atoms with E-state index in [1.165, 1.54) is 12.4 Å². The van der Waals surface area contributed by atoms with Crippen LogP contribution in [0.3, 0.4) is 0 Å².